The van der Waals surface area contributed by atoms with Crippen molar-refractivity contribution in [2.45, 2.75) is 27.2 Å². The molecule has 0 aliphatic heterocycles. The van der Waals surface area contributed by atoms with Crippen molar-refractivity contribution in [1.29, 1.82) is 0 Å². The summed E-state index contributed by atoms with van der Waals surface area (Å²) >= 11 is 4.74. The van der Waals surface area contributed by atoms with Crippen LogP contribution in [0, 0.1) is 5.92 Å². The highest BCUT2D eigenvalue weighted by Crippen LogP contribution is 2.07. The molecule has 0 aromatic heterocycles. The molecule has 15 heavy (non-hydrogen) atoms. The summed E-state index contributed by atoms with van der Waals surface area (Å²) in [6, 6.07) is 0. The van der Waals surface area contributed by atoms with Crippen LogP contribution in [0.5, 0.6) is 0 Å². The predicted octanol–water partition coefficient (Wildman–Crippen LogP) is 0.970. The topological polar surface area (TPSA) is 63.4 Å². The minimum atomic E-state index is -3.13. The number of hydrogen-bond donors (Lipinski definition) is 1. The third-order valence-corrected chi connectivity index (χ3v) is 3.99. The van der Waals surface area contributed by atoms with Crippen molar-refractivity contribution in [2.75, 3.05) is 18.8 Å². The third-order valence-electron chi connectivity index (χ3n) is 1.93. The Balaban J connectivity index is 4.52. The Morgan fingerprint density at radius 1 is 1.47 bits per heavy atom. The van der Waals surface area contributed by atoms with Crippen LogP contribution in [0.3, 0.4) is 0 Å². The van der Waals surface area contributed by atoms with Gasteiger partial charge in [-0.2, -0.15) is 0 Å². The molecule has 90 valence electrons. The zero-order chi connectivity index (χ0) is 12.1. The Kier molecular flexibility index (Phi) is 6.31. The van der Waals surface area contributed by atoms with E-state index >= 15 is 0 Å². The van der Waals surface area contributed by atoms with Crippen molar-refractivity contribution in [3.63, 3.8) is 0 Å². The highest BCUT2D eigenvalue weighted by atomic mass is 32.2. The van der Waals surface area contributed by atoms with Crippen LogP contribution in [0.1, 0.15) is 27.2 Å². The zero-order valence-corrected chi connectivity index (χ0v) is 11.2. The van der Waals surface area contributed by atoms with Gasteiger partial charge in [-0.25, -0.2) is 12.7 Å². The number of sulfonamides is 1. The number of nitrogens with zero attached hydrogens (tertiary/aromatic N) is 1. The fraction of sp³-hybridized carbons (Fsp3) is 0.889. The van der Waals surface area contributed by atoms with Gasteiger partial charge in [0.25, 0.3) is 0 Å². The van der Waals surface area contributed by atoms with E-state index in [-0.39, 0.29) is 5.75 Å². The summed E-state index contributed by atoms with van der Waals surface area (Å²) in [5, 5.41) is 0. The van der Waals surface area contributed by atoms with Crippen molar-refractivity contribution >= 4 is 27.2 Å². The normalized spacial score (nSPS) is 12.3. The molecule has 2 N–H and O–H groups in total. The van der Waals surface area contributed by atoms with Gasteiger partial charge >= 0.3 is 0 Å². The van der Waals surface area contributed by atoms with Crippen LogP contribution in [0.15, 0.2) is 0 Å². The van der Waals surface area contributed by atoms with Crippen LogP contribution in [0.4, 0.5) is 0 Å². The van der Waals surface area contributed by atoms with Crippen molar-refractivity contribution in [1.82, 2.24) is 4.31 Å². The van der Waals surface area contributed by atoms with E-state index in [0.717, 1.165) is 0 Å². The second-order valence-corrected chi connectivity index (χ2v) is 6.65. The SMILES string of the molecule is CCS(=O)(=O)N(CCC(N)=S)CC(C)C. The maximum Gasteiger partial charge on any atom is 0.213 e. The van der Waals surface area contributed by atoms with Gasteiger partial charge in [0.05, 0.1) is 10.7 Å². The lowest BCUT2D eigenvalue weighted by Crippen LogP contribution is -2.37. The van der Waals surface area contributed by atoms with E-state index in [9.17, 15) is 8.42 Å². The van der Waals surface area contributed by atoms with Crippen molar-refractivity contribution < 1.29 is 8.42 Å². The molecule has 0 aromatic rings. The maximum absolute atomic E-state index is 11.7. The van der Waals surface area contributed by atoms with Gasteiger partial charge in [0.15, 0.2) is 0 Å². The van der Waals surface area contributed by atoms with E-state index in [2.05, 4.69) is 0 Å². The molecule has 6 heteroatoms. The van der Waals surface area contributed by atoms with Gasteiger partial charge in [-0.15, -0.1) is 0 Å². The summed E-state index contributed by atoms with van der Waals surface area (Å²) < 4.78 is 24.8. The van der Waals surface area contributed by atoms with E-state index in [0.29, 0.717) is 30.4 Å². The van der Waals surface area contributed by atoms with E-state index in [1.54, 1.807) is 6.92 Å². The summed E-state index contributed by atoms with van der Waals surface area (Å²) in [6.07, 6.45) is 0.446. The number of thiocarbonyl (C=S) groups is 1. The molecule has 4 nitrogen and oxygen atoms in total. The second kappa shape index (κ2) is 6.40. The fourth-order valence-electron chi connectivity index (χ4n) is 1.17. The van der Waals surface area contributed by atoms with Gasteiger partial charge in [0.1, 0.15) is 0 Å². The molecule has 0 saturated carbocycles. The lowest BCUT2D eigenvalue weighted by atomic mass is 10.2. The molecule has 0 amide bonds. The number of nitrogens with two attached hydrogens (primary N) is 1. The van der Waals surface area contributed by atoms with E-state index in [1.807, 2.05) is 13.8 Å². The Bertz CT molecular complexity index is 299. The number of hydrogen-bond acceptors (Lipinski definition) is 3. The first kappa shape index (κ1) is 14.8. The first-order valence-electron chi connectivity index (χ1n) is 5.05. The van der Waals surface area contributed by atoms with Crippen molar-refractivity contribution in [3.05, 3.63) is 0 Å². The van der Waals surface area contributed by atoms with Crippen molar-refractivity contribution in [2.24, 2.45) is 11.7 Å². The summed E-state index contributed by atoms with van der Waals surface area (Å²) in [5.41, 5.74) is 5.37. The Labute approximate surface area is 97.9 Å². The average molecular weight is 252 g/mol. The average Bonchev–Trinajstić information content (AvgIpc) is 2.11. The molecule has 0 aliphatic carbocycles. The van der Waals surface area contributed by atoms with Crippen LogP contribution >= 0.6 is 12.2 Å². The minimum Gasteiger partial charge on any atom is -0.393 e. The molecular weight excluding hydrogens is 232 g/mol. The summed E-state index contributed by atoms with van der Waals surface area (Å²) in [6.45, 7) is 6.53. The Morgan fingerprint density at radius 3 is 2.33 bits per heavy atom. The summed E-state index contributed by atoms with van der Waals surface area (Å²) in [4.78, 5) is 0.357. The van der Waals surface area contributed by atoms with Gasteiger partial charge in [0.2, 0.25) is 10.0 Å². The molecule has 0 spiro atoms. The van der Waals surface area contributed by atoms with Gasteiger partial charge in [-0.05, 0) is 12.8 Å². The molecule has 0 unspecified atom stereocenters. The highest BCUT2D eigenvalue weighted by molar-refractivity contribution is 7.89. The monoisotopic (exact) mass is 252 g/mol. The first-order chi connectivity index (χ1) is 6.79. The standard InChI is InChI=1S/C9H20N2O2S2/c1-4-15(12,13)11(7-8(2)3)6-5-9(10)14/h8H,4-7H2,1-3H3,(H2,10,14). The molecular formula is C9H20N2O2S2. The molecule has 0 saturated heterocycles. The van der Waals surface area contributed by atoms with Gasteiger partial charge < -0.3 is 5.73 Å². The first-order valence-corrected chi connectivity index (χ1v) is 7.07. The molecule has 0 heterocycles. The lowest BCUT2D eigenvalue weighted by molar-refractivity contribution is 0.375. The summed E-state index contributed by atoms with van der Waals surface area (Å²) in [7, 11) is -3.13. The fourth-order valence-corrected chi connectivity index (χ4v) is 2.52. The molecule has 0 fully saturated rings. The molecule has 0 atom stereocenters. The van der Waals surface area contributed by atoms with Crippen LogP contribution in [0.25, 0.3) is 0 Å². The smallest absolute Gasteiger partial charge is 0.213 e. The Morgan fingerprint density at radius 2 is 2.00 bits per heavy atom. The van der Waals surface area contributed by atoms with Gasteiger partial charge in [0, 0.05) is 19.5 Å². The van der Waals surface area contributed by atoms with E-state index < -0.39 is 10.0 Å². The summed E-state index contributed by atoms with van der Waals surface area (Å²) in [5.74, 6) is 0.425. The molecule has 0 aliphatic rings. The number of rotatable bonds is 7. The van der Waals surface area contributed by atoms with Crippen LogP contribution in [0.2, 0.25) is 0 Å². The Hall–Kier alpha value is -0.200. The highest BCUT2D eigenvalue weighted by Gasteiger charge is 2.20. The van der Waals surface area contributed by atoms with Gasteiger partial charge in [-0.3, -0.25) is 0 Å². The minimum absolute atomic E-state index is 0.122. The zero-order valence-electron chi connectivity index (χ0n) is 9.56. The molecule has 0 radical (unpaired) electrons. The van der Waals surface area contributed by atoms with Crippen LogP contribution in [-0.4, -0.2) is 36.6 Å². The molecule has 0 rings (SSSR count). The third kappa shape index (κ3) is 6.06. The van der Waals surface area contributed by atoms with Crippen molar-refractivity contribution in [3.8, 4) is 0 Å². The predicted molar refractivity (Wildman–Crippen MR) is 67.3 cm³/mol. The van der Waals surface area contributed by atoms with Gasteiger partial charge in [-0.1, -0.05) is 26.1 Å². The second-order valence-electron chi connectivity index (χ2n) is 3.87. The largest absolute Gasteiger partial charge is 0.393 e. The molecule has 0 bridgehead atoms. The maximum atomic E-state index is 11.7. The van der Waals surface area contributed by atoms with E-state index in [1.165, 1.54) is 4.31 Å². The van der Waals surface area contributed by atoms with Crippen LogP contribution < -0.4 is 5.73 Å². The molecule has 0 aromatic carbocycles. The van der Waals surface area contributed by atoms with Crippen LogP contribution in [-0.2, 0) is 10.0 Å². The van der Waals surface area contributed by atoms with E-state index in [4.69, 9.17) is 18.0 Å². The quantitative estimate of drug-likeness (QED) is 0.686. The lowest BCUT2D eigenvalue weighted by Gasteiger charge is -2.22.